The zero-order valence-corrected chi connectivity index (χ0v) is 6.02. The molecule has 0 saturated heterocycles. The second-order valence-electron chi connectivity index (χ2n) is 2.50. The van der Waals surface area contributed by atoms with Crippen LogP contribution in [0.3, 0.4) is 0 Å². The van der Waals surface area contributed by atoms with Gasteiger partial charge in [0.15, 0.2) is 0 Å². The van der Waals surface area contributed by atoms with E-state index in [1.807, 2.05) is 0 Å². The molecule has 0 atom stereocenters. The van der Waals surface area contributed by atoms with Gasteiger partial charge in [-0.15, -0.1) is 0 Å². The van der Waals surface area contributed by atoms with E-state index in [0.29, 0.717) is 5.52 Å². The maximum Gasteiger partial charge on any atom is 0.274 e. The largest absolute Gasteiger partial charge is 0.399 e. The number of anilines is 1. The summed E-state index contributed by atoms with van der Waals surface area (Å²) in [7, 11) is 0. The molecule has 5 heteroatoms. The maximum absolute atomic E-state index is 13.0. The number of hydrogen-bond acceptors (Lipinski definition) is 2. The third kappa shape index (κ3) is 0.795. The van der Waals surface area contributed by atoms with Crippen LogP contribution in [0.2, 0.25) is 0 Å². The van der Waals surface area contributed by atoms with Crippen molar-refractivity contribution in [3.05, 3.63) is 28.3 Å². The lowest BCUT2D eigenvalue weighted by Crippen LogP contribution is -2.00. The summed E-state index contributed by atoms with van der Waals surface area (Å²) in [5, 5.41) is 4.80. The smallest absolute Gasteiger partial charge is 0.274 e. The van der Waals surface area contributed by atoms with Crippen LogP contribution in [0, 0.1) is 5.82 Å². The van der Waals surface area contributed by atoms with Crippen LogP contribution in [0.25, 0.3) is 10.9 Å². The number of hydrogen-bond donors (Lipinski definition) is 3. The van der Waals surface area contributed by atoms with Gasteiger partial charge >= 0.3 is 0 Å². The molecule has 2 aromatic rings. The van der Waals surface area contributed by atoms with Crippen LogP contribution in [0.4, 0.5) is 10.1 Å². The molecule has 0 aliphatic rings. The quantitative estimate of drug-likeness (QED) is 0.502. The number of aromatic amines is 2. The summed E-state index contributed by atoms with van der Waals surface area (Å²) in [5.74, 6) is -0.604. The Morgan fingerprint density at radius 1 is 1.33 bits per heavy atom. The van der Waals surface area contributed by atoms with Gasteiger partial charge in [-0.1, -0.05) is 0 Å². The van der Waals surface area contributed by atoms with E-state index in [0.717, 1.165) is 6.07 Å². The van der Waals surface area contributed by atoms with Gasteiger partial charge in [-0.3, -0.25) is 15.0 Å². The van der Waals surface area contributed by atoms with Crippen molar-refractivity contribution in [3.8, 4) is 0 Å². The molecule has 0 saturated carbocycles. The van der Waals surface area contributed by atoms with Crippen molar-refractivity contribution in [2.24, 2.45) is 0 Å². The fraction of sp³-hybridized carbons (Fsp3) is 0. The summed E-state index contributed by atoms with van der Waals surface area (Å²) in [5.41, 5.74) is 5.56. The predicted molar refractivity (Wildman–Crippen MR) is 43.3 cm³/mol. The summed E-state index contributed by atoms with van der Waals surface area (Å²) in [6.45, 7) is 0. The number of rotatable bonds is 0. The Hall–Kier alpha value is -1.78. The molecule has 1 aromatic heterocycles. The minimum atomic E-state index is -0.604. The number of benzene rings is 1. The lowest BCUT2D eigenvalue weighted by Gasteiger charge is -1.93. The van der Waals surface area contributed by atoms with E-state index in [4.69, 9.17) is 5.73 Å². The molecule has 1 heterocycles. The summed E-state index contributed by atoms with van der Waals surface area (Å²) >= 11 is 0. The van der Waals surface area contributed by atoms with Crippen molar-refractivity contribution in [3.63, 3.8) is 0 Å². The SMILES string of the molecule is Nc1cc(F)c2c(=O)[nH][nH]c2c1. The molecule has 12 heavy (non-hydrogen) atoms. The first-order valence-corrected chi connectivity index (χ1v) is 3.34. The Morgan fingerprint density at radius 3 is 2.83 bits per heavy atom. The van der Waals surface area contributed by atoms with Crippen molar-refractivity contribution in [1.29, 1.82) is 0 Å². The summed E-state index contributed by atoms with van der Waals surface area (Å²) in [6, 6.07) is 2.61. The highest BCUT2D eigenvalue weighted by atomic mass is 19.1. The number of halogens is 1. The zero-order chi connectivity index (χ0) is 8.72. The van der Waals surface area contributed by atoms with E-state index < -0.39 is 11.4 Å². The molecule has 4 N–H and O–H groups in total. The van der Waals surface area contributed by atoms with Crippen LogP contribution in [0.15, 0.2) is 16.9 Å². The van der Waals surface area contributed by atoms with E-state index in [1.165, 1.54) is 6.07 Å². The molecule has 0 radical (unpaired) electrons. The normalized spacial score (nSPS) is 10.8. The van der Waals surface area contributed by atoms with Gasteiger partial charge in [0.1, 0.15) is 11.2 Å². The Balaban J connectivity index is 3.03. The topological polar surface area (TPSA) is 74.7 Å². The fourth-order valence-corrected chi connectivity index (χ4v) is 1.14. The van der Waals surface area contributed by atoms with E-state index in [1.54, 1.807) is 0 Å². The number of nitrogen functional groups attached to an aromatic ring is 1. The Morgan fingerprint density at radius 2 is 2.08 bits per heavy atom. The Bertz CT molecular complexity index is 485. The van der Waals surface area contributed by atoms with E-state index >= 15 is 0 Å². The number of aromatic nitrogens is 2. The van der Waals surface area contributed by atoms with E-state index in [9.17, 15) is 9.18 Å². The average molecular weight is 167 g/mol. The molecule has 1 aromatic carbocycles. The monoisotopic (exact) mass is 167 g/mol. The Kier molecular flexibility index (Phi) is 1.21. The summed E-state index contributed by atoms with van der Waals surface area (Å²) in [6.07, 6.45) is 0. The average Bonchev–Trinajstić information content (AvgIpc) is 2.31. The molecule has 62 valence electrons. The highest BCUT2D eigenvalue weighted by Gasteiger charge is 2.07. The van der Waals surface area contributed by atoms with Gasteiger partial charge in [-0.05, 0) is 12.1 Å². The first-order chi connectivity index (χ1) is 5.68. The Labute approximate surface area is 66.2 Å². The van der Waals surface area contributed by atoms with Crippen LogP contribution < -0.4 is 11.3 Å². The van der Waals surface area contributed by atoms with Crippen molar-refractivity contribution in [1.82, 2.24) is 10.2 Å². The molecule has 0 amide bonds. The van der Waals surface area contributed by atoms with Gasteiger partial charge < -0.3 is 5.73 Å². The fourth-order valence-electron chi connectivity index (χ4n) is 1.14. The van der Waals surface area contributed by atoms with Gasteiger partial charge in [0.05, 0.1) is 5.52 Å². The highest BCUT2D eigenvalue weighted by molar-refractivity contribution is 5.81. The van der Waals surface area contributed by atoms with Gasteiger partial charge in [-0.2, -0.15) is 0 Å². The molecule has 0 spiro atoms. The molecule has 0 aliphatic carbocycles. The minimum absolute atomic E-state index is 0.0178. The number of H-pyrrole nitrogens is 2. The molecule has 2 rings (SSSR count). The van der Waals surface area contributed by atoms with Crippen LogP contribution in [0.5, 0.6) is 0 Å². The van der Waals surface area contributed by atoms with E-state index in [2.05, 4.69) is 10.2 Å². The second kappa shape index (κ2) is 2.10. The molecular formula is C7H6FN3O. The highest BCUT2D eigenvalue weighted by Crippen LogP contribution is 2.15. The molecule has 0 unspecified atom stereocenters. The van der Waals surface area contributed by atoms with Crippen LogP contribution in [-0.2, 0) is 0 Å². The van der Waals surface area contributed by atoms with Gasteiger partial charge in [0.25, 0.3) is 5.56 Å². The zero-order valence-electron chi connectivity index (χ0n) is 6.02. The van der Waals surface area contributed by atoms with Gasteiger partial charge in [-0.25, -0.2) is 4.39 Å². The third-order valence-corrected chi connectivity index (χ3v) is 1.65. The number of fused-ring (bicyclic) bond motifs is 1. The van der Waals surface area contributed by atoms with Crippen molar-refractivity contribution < 1.29 is 4.39 Å². The standard InChI is InChI=1S/C7H6FN3O/c8-4-1-3(9)2-5-6(4)7(12)11-10-5/h1-2H,9H2,(H2,10,11,12). The molecule has 4 nitrogen and oxygen atoms in total. The van der Waals surface area contributed by atoms with Gasteiger partial charge in [0, 0.05) is 5.69 Å². The minimum Gasteiger partial charge on any atom is -0.399 e. The second-order valence-corrected chi connectivity index (χ2v) is 2.50. The predicted octanol–water partition coefficient (Wildman–Crippen LogP) is 0.577. The number of nitrogens with one attached hydrogen (secondary N) is 2. The molecule has 0 bridgehead atoms. The van der Waals surface area contributed by atoms with Crippen LogP contribution >= 0.6 is 0 Å². The van der Waals surface area contributed by atoms with Crippen LogP contribution in [0.1, 0.15) is 0 Å². The molecule has 0 aliphatic heterocycles. The van der Waals surface area contributed by atoms with Crippen molar-refractivity contribution in [2.75, 3.05) is 5.73 Å². The first-order valence-electron chi connectivity index (χ1n) is 3.34. The first kappa shape index (κ1) is 6.90. The summed E-state index contributed by atoms with van der Waals surface area (Å²) in [4.78, 5) is 10.9. The number of nitrogens with two attached hydrogens (primary N) is 1. The lowest BCUT2D eigenvalue weighted by atomic mass is 10.2. The van der Waals surface area contributed by atoms with Crippen LogP contribution in [-0.4, -0.2) is 10.2 Å². The van der Waals surface area contributed by atoms with E-state index in [-0.39, 0.29) is 11.1 Å². The van der Waals surface area contributed by atoms with Crippen molar-refractivity contribution >= 4 is 16.6 Å². The van der Waals surface area contributed by atoms with Gasteiger partial charge in [0.2, 0.25) is 0 Å². The third-order valence-electron chi connectivity index (χ3n) is 1.65. The lowest BCUT2D eigenvalue weighted by molar-refractivity contribution is 0.640. The maximum atomic E-state index is 13.0. The summed E-state index contributed by atoms with van der Waals surface area (Å²) < 4.78 is 13.0. The molecule has 0 fully saturated rings. The molecular weight excluding hydrogens is 161 g/mol. The van der Waals surface area contributed by atoms with Crippen molar-refractivity contribution in [2.45, 2.75) is 0 Å².